The molecule has 5 rings (SSSR count). The number of rotatable bonds is 5. The Labute approximate surface area is 178 Å². The lowest BCUT2D eigenvalue weighted by molar-refractivity contribution is 0.113. The van der Waals surface area contributed by atoms with E-state index in [1.54, 1.807) is 35.2 Å². The monoisotopic (exact) mass is 425 g/mol. The van der Waals surface area contributed by atoms with E-state index in [1.807, 2.05) is 6.07 Å². The third kappa shape index (κ3) is 4.15. The molecule has 0 saturated carbocycles. The van der Waals surface area contributed by atoms with E-state index < -0.39 is 0 Å². The lowest BCUT2D eigenvalue weighted by Crippen LogP contribution is -2.32. The van der Waals surface area contributed by atoms with Gasteiger partial charge in [0.1, 0.15) is 5.82 Å². The molecule has 0 unspecified atom stereocenters. The predicted octanol–water partition coefficient (Wildman–Crippen LogP) is 4.56. The van der Waals surface area contributed by atoms with Crippen LogP contribution in [-0.4, -0.2) is 37.7 Å². The third-order valence-electron chi connectivity index (χ3n) is 5.62. The summed E-state index contributed by atoms with van der Waals surface area (Å²) < 4.78 is 22.3. The van der Waals surface area contributed by atoms with Crippen LogP contribution in [0.1, 0.15) is 19.3 Å². The van der Waals surface area contributed by atoms with E-state index in [0.29, 0.717) is 6.61 Å². The average Bonchev–Trinajstić information content (AvgIpc) is 2.99. The zero-order chi connectivity index (χ0) is 19.6. The van der Waals surface area contributed by atoms with Crippen LogP contribution in [0, 0.1) is 5.82 Å². The Balaban J connectivity index is 1.37. The van der Waals surface area contributed by atoms with E-state index in [0.717, 1.165) is 28.5 Å². The number of nitrogens with zero attached hydrogens (tertiary/aromatic N) is 1. The number of ether oxygens (including phenoxy) is 1. The van der Waals surface area contributed by atoms with Crippen LogP contribution in [0.15, 0.2) is 53.0 Å². The van der Waals surface area contributed by atoms with Crippen molar-refractivity contribution in [2.24, 2.45) is 0 Å². The van der Waals surface area contributed by atoms with Crippen molar-refractivity contribution in [1.82, 2.24) is 4.90 Å². The van der Waals surface area contributed by atoms with Crippen LogP contribution >= 0.6 is 23.1 Å². The molecule has 5 heteroatoms. The number of piperidine rings is 1. The van der Waals surface area contributed by atoms with Gasteiger partial charge in [-0.15, -0.1) is 11.3 Å². The van der Waals surface area contributed by atoms with Gasteiger partial charge in [0, 0.05) is 36.2 Å². The van der Waals surface area contributed by atoms with Crippen molar-refractivity contribution in [3.05, 3.63) is 68.5 Å². The summed E-state index contributed by atoms with van der Waals surface area (Å²) in [6.07, 6.45) is 14.7. The number of hydrogen-bond donors (Lipinski definition) is 0. The van der Waals surface area contributed by atoms with E-state index in [4.69, 9.17) is 4.74 Å². The Hall–Kier alpha value is -1.66. The highest BCUT2D eigenvalue weighted by atomic mass is 32.2. The minimum atomic E-state index is -0.181. The Morgan fingerprint density at radius 1 is 1.07 bits per heavy atom. The summed E-state index contributed by atoms with van der Waals surface area (Å²) in [5.74, 6) is -0.181. The zero-order valence-electron chi connectivity index (χ0n) is 16.3. The minimum absolute atomic E-state index is 0.181. The van der Waals surface area contributed by atoms with Crippen LogP contribution in [0.25, 0.3) is 21.1 Å². The molecule has 1 fully saturated rings. The van der Waals surface area contributed by atoms with Crippen LogP contribution in [0.5, 0.6) is 0 Å². The van der Waals surface area contributed by atoms with Crippen LogP contribution in [0.4, 0.5) is 4.39 Å². The molecule has 0 amide bonds. The average molecular weight is 426 g/mol. The van der Waals surface area contributed by atoms with Crippen molar-refractivity contribution >= 4 is 44.2 Å². The molecule has 2 nitrogen and oxygen atoms in total. The summed E-state index contributed by atoms with van der Waals surface area (Å²) in [5, 5.41) is 2.16. The molecule has 1 aromatic carbocycles. The van der Waals surface area contributed by atoms with Gasteiger partial charge in [0.25, 0.3) is 0 Å². The highest BCUT2D eigenvalue weighted by Gasteiger charge is 2.17. The number of fused-ring (bicyclic) bond motifs is 4. The molecular weight excluding hydrogens is 401 g/mol. The SMILES string of the molecule is Fc1ccc2sc3c(c2c1)=C1SC(COCCN2CCCCC2)=CC=C1C=CC=3. The Morgan fingerprint density at radius 3 is 2.86 bits per heavy atom. The quantitative estimate of drug-likeness (QED) is 0.652. The summed E-state index contributed by atoms with van der Waals surface area (Å²) in [4.78, 5) is 4.92. The van der Waals surface area contributed by atoms with E-state index >= 15 is 0 Å². The molecule has 3 heterocycles. The standard InChI is InChI=1S/C24H24FNOS2/c25-18-8-10-21-20(15-18)23-22(29-21)6-4-5-17-7-9-19(28-24(17)23)16-27-14-13-26-11-2-1-3-12-26/h4-10,15H,1-3,11-14,16H2. The molecule has 0 N–H and O–H groups in total. The predicted molar refractivity (Wildman–Crippen MR) is 123 cm³/mol. The maximum absolute atomic E-state index is 14.0. The number of halogens is 1. The van der Waals surface area contributed by atoms with Crippen molar-refractivity contribution < 1.29 is 9.13 Å². The first-order valence-electron chi connectivity index (χ1n) is 10.3. The van der Waals surface area contributed by atoms with Gasteiger partial charge in [-0.2, -0.15) is 0 Å². The molecule has 150 valence electrons. The Kier molecular flexibility index (Phi) is 5.73. The first-order valence-corrected chi connectivity index (χ1v) is 11.9. The van der Waals surface area contributed by atoms with Gasteiger partial charge in [-0.05, 0) is 61.9 Å². The second kappa shape index (κ2) is 8.60. The van der Waals surface area contributed by atoms with Gasteiger partial charge in [0.05, 0.1) is 13.2 Å². The molecule has 1 saturated heterocycles. The van der Waals surface area contributed by atoms with E-state index in [9.17, 15) is 4.39 Å². The van der Waals surface area contributed by atoms with Crippen LogP contribution in [0.2, 0.25) is 0 Å². The Bertz CT molecular complexity index is 1140. The van der Waals surface area contributed by atoms with Crippen molar-refractivity contribution in [1.29, 1.82) is 0 Å². The molecule has 29 heavy (non-hydrogen) atoms. The molecule has 2 aliphatic heterocycles. The number of likely N-dealkylation sites (tertiary alicyclic amines) is 1. The first kappa shape index (κ1) is 19.3. The minimum Gasteiger partial charge on any atom is -0.375 e. The molecule has 0 bridgehead atoms. The number of benzene rings is 1. The van der Waals surface area contributed by atoms with E-state index in [-0.39, 0.29) is 5.82 Å². The maximum atomic E-state index is 14.0. The molecule has 2 aromatic rings. The van der Waals surface area contributed by atoms with E-state index in [2.05, 4.69) is 35.3 Å². The van der Waals surface area contributed by atoms with E-state index in [1.165, 1.54) is 52.3 Å². The smallest absolute Gasteiger partial charge is 0.123 e. The summed E-state index contributed by atoms with van der Waals surface area (Å²) >= 11 is 3.49. The number of thiophene rings is 1. The highest BCUT2D eigenvalue weighted by molar-refractivity contribution is 8.11. The largest absolute Gasteiger partial charge is 0.375 e. The lowest BCUT2D eigenvalue weighted by Gasteiger charge is -2.26. The fourth-order valence-electron chi connectivity index (χ4n) is 4.12. The van der Waals surface area contributed by atoms with Gasteiger partial charge < -0.3 is 9.64 Å². The highest BCUT2D eigenvalue weighted by Crippen LogP contribution is 2.37. The van der Waals surface area contributed by atoms with Crippen molar-refractivity contribution in [3.63, 3.8) is 0 Å². The zero-order valence-corrected chi connectivity index (χ0v) is 18.0. The van der Waals surface area contributed by atoms with Crippen molar-refractivity contribution in [3.8, 4) is 0 Å². The van der Waals surface area contributed by atoms with Gasteiger partial charge in [0.15, 0.2) is 0 Å². The molecular formula is C24H24FNOS2. The van der Waals surface area contributed by atoms with Gasteiger partial charge >= 0.3 is 0 Å². The van der Waals surface area contributed by atoms with Crippen LogP contribution in [0.3, 0.4) is 0 Å². The van der Waals surface area contributed by atoms with Crippen LogP contribution < -0.4 is 9.75 Å². The van der Waals surface area contributed by atoms with Crippen LogP contribution in [-0.2, 0) is 4.74 Å². The molecule has 0 atom stereocenters. The van der Waals surface area contributed by atoms with Crippen molar-refractivity contribution in [2.45, 2.75) is 19.3 Å². The molecule has 1 aliphatic carbocycles. The molecule has 1 aromatic heterocycles. The van der Waals surface area contributed by atoms with Gasteiger partial charge in [-0.1, -0.05) is 36.4 Å². The second-order valence-electron chi connectivity index (χ2n) is 7.65. The summed E-state index contributed by atoms with van der Waals surface area (Å²) in [7, 11) is 0. The topological polar surface area (TPSA) is 12.5 Å². The van der Waals surface area contributed by atoms with Gasteiger partial charge in [-0.25, -0.2) is 4.39 Å². The molecule has 0 spiro atoms. The molecule has 0 radical (unpaired) electrons. The second-order valence-corrected chi connectivity index (χ2v) is 9.87. The van der Waals surface area contributed by atoms with Gasteiger partial charge in [-0.3, -0.25) is 0 Å². The summed E-state index contributed by atoms with van der Waals surface area (Å²) in [6, 6.07) is 5.10. The number of hydrogen-bond acceptors (Lipinski definition) is 4. The molecule has 3 aliphatic rings. The lowest BCUT2D eigenvalue weighted by atomic mass is 10.1. The fraction of sp³-hybridized carbons (Fsp3) is 0.333. The maximum Gasteiger partial charge on any atom is 0.123 e. The van der Waals surface area contributed by atoms with Crippen molar-refractivity contribution in [2.75, 3.05) is 32.8 Å². The van der Waals surface area contributed by atoms with Gasteiger partial charge in [0.2, 0.25) is 0 Å². The number of thioether (sulfide) groups is 1. The number of allylic oxidation sites excluding steroid dienone is 4. The summed E-state index contributed by atoms with van der Waals surface area (Å²) in [5.41, 5.74) is 1.19. The Morgan fingerprint density at radius 2 is 1.97 bits per heavy atom. The first-order chi connectivity index (χ1) is 14.3. The normalized spacial score (nSPS) is 19.3. The third-order valence-corrected chi connectivity index (χ3v) is 7.91. The summed E-state index contributed by atoms with van der Waals surface area (Å²) in [6.45, 7) is 4.84. The fourth-order valence-corrected chi connectivity index (χ4v) is 6.40.